The summed E-state index contributed by atoms with van der Waals surface area (Å²) in [5.41, 5.74) is 2.25. The van der Waals surface area contributed by atoms with Gasteiger partial charge in [-0.25, -0.2) is 0 Å². The van der Waals surface area contributed by atoms with Gasteiger partial charge in [0.2, 0.25) is 0 Å². The molecule has 0 aliphatic heterocycles. The Labute approximate surface area is 123 Å². The van der Waals surface area contributed by atoms with Gasteiger partial charge >= 0.3 is 0 Å². The molecule has 0 saturated carbocycles. The molecule has 0 radical (unpaired) electrons. The standard InChI is InChI=1S/C18H18OS/c1-2-15(13-7-4-3-5-8-13)17(19)16-10-6-9-14-11-12-20-18(14)16/h3-12,15,17,19H,2H2,1H3. The number of aliphatic hydroxyl groups excluding tert-OH is 1. The minimum Gasteiger partial charge on any atom is -0.388 e. The van der Waals surface area contributed by atoms with Crippen molar-refractivity contribution in [3.8, 4) is 0 Å². The summed E-state index contributed by atoms with van der Waals surface area (Å²) in [5.74, 6) is 0.142. The van der Waals surface area contributed by atoms with E-state index in [1.807, 2.05) is 24.3 Å². The summed E-state index contributed by atoms with van der Waals surface area (Å²) in [6.45, 7) is 2.13. The normalized spacial score (nSPS) is 14.3. The molecule has 0 saturated heterocycles. The first-order valence-electron chi connectivity index (χ1n) is 7.00. The van der Waals surface area contributed by atoms with E-state index in [0.29, 0.717) is 0 Å². The zero-order valence-electron chi connectivity index (χ0n) is 11.5. The SMILES string of the molecule is CCC(c1ccccc1)C(O)c1cccc2ccsc12. The van der Waals surface area contributed by atoms with E-state index in [1.165, 1.54) is 15.6 Å². The van der Waals surface area contributed by atoms with Crippen LogP contribution in [0.4, 0.5) is 0 Å². The second-order valence-electron chi connectivity index (χ2n) is 5.06. The van der Waals surface area contributed by atoms with Gasteiger partial charge in [-0.1, -0.05) is 55.5 Å². The number of aliphatic hydroxyl groups is 1. The highest BCUT2D eigenvalue weighted by molar-refractivity contribution is 7.17. The molecule has 0 amide bonds. The Bertz CT molecular complexity index is 687. The molecule has 1 heterocycles. The van der Waals surface area contributed by atoms with Crippen LogP contribution in [0.2, 0.25) is 0 Å². The summed E-state index contributed by atoms with van der Waals surface area (Å²) in [6.07, 6.45) is 0.470. The molecule has 3 aromatic rings. The molecular weight excluding hydrogens is 264 g/mol. The second kappa shape index (κ2) is 5.78. The first-order valence-corrected chi connectivity index (χ1v) is 7.88. The predicted octanol–water partition coefficient (Wildman–Crippen LogP) is 5.13. The lowest BCUT2D eigenvalue weighted by Gasteiger charge is -2.23. The first kappa shape index (κ1) is 13.3. The highest BCUT2D eigenvalue weighted by Crippen LogP contribution is 2.38. The van der Waals surface area contributed by atoms with E-state index in [2.05, 4.69) is 42.6 Å². The lowest BCUT2D eigenvalue weighted by atomic mass is 9.87. The van der Waals surface area contributed by atoms with E-state index in [0.717, 1.165) is 12.0 Å². The van der Waals surface area contributed by atoms with E-state index in [4.69, 9.17) is 0 Å². The second-order valence-corrected chi connectivity index (χ2v) is 5.97. The van der Waals surface area contributed by atoms with Crippen molar-refractivity contribution in [1.82, 2.24) is 0 Å². The van der Waals surface area contributed by atoms with Crippen LogP contribution < -0.4 is 0 Å². The highest BCUT2D eigenvalue weighted by atomic mass is 32.1. The fraction of sp³-hybridized carbons (Fsp3) is 0.222. The Kier molecular flexibility index (Phi) is 3.86. The molecule has 2 atom stereocenters. The van der Waals surface area contributed by atoms with Crippen molar-refractivity contribution >= 4 is 21.4 Å². The number of fused-ring (bicyclic) bond motifs is 1. The molecule has 102 valence electrons. The molecule has 0 bridgehead atoms. The van der Waals surface area contributed by atoms with Crippen molar-refractivity contribution in [2.75, 3.05) is 0 Å². The van der Waals surface area contributed by atoms with Gasteiger partial charge in [-0.15, -0.1) is 11.3 Å². The van der Waals surface area contributed by atoms with Gasteiger partial charge in [0, 0.05) is 10.6 Å². The smallest absolute Gasteiger partial charge is 0.0872 e. The molecule has 1 nitrogen and oxygen atoms in total. The van der Waals surface area contributed by atoms with Gasteiger partial charge in [0.1, 0.15) is 0 Å². The molecule has 0 aliphatic rings. The van der Waals surface area contributed by atoms with Crippen molar-refractivity contribution in [2.45, 2.75) is 25.4 Å². The Morgan fingerprint density at radius 2 is 1.80 bits per heavy atom. The number of hydrogen-bond acceptors (Lipinski definition) is 2. The maximum Gasteiger partial charge on any atom is 0.0872 e. The van der Waals surface area contributed by atoms with Crippen LogP contribution in [-0.4, -0.2) is 5.11 Å². The average molecular weight is 282 g/mol. The third kappa shape index (κ3) is 2.37. The van der Waals surface area contributed by atoms with Crippen LogP contribution in [0.25, 0.3) is 10.1 Å². The van der Waals surface area contributed by atoms with Crippen molar-refractivity contribution < 1.29 is 5.11 Å². The third-order valence-corrected chi connectivity index (χ3v) is 4.86. The summed E-state index contributed by atoms with van der Waals surface area (Å²) < 4.78 is 1.20. The maximum atomic E-state index is 10.9. The molecule has 3 rings (SSSR count). The monoisotopic (exact) mass is 282 g/mol. The predicted molar refractivity (Wildman–Crippen MR) is 86.3 cm³/mol. The molecule has 0 spiro atoms. The molecule has 1 N–H and O–H groups in total. The van der Waals surface area contributed by atoms with E-state index in [1.54, 1.807) is 11.3 Å². The Morgan fingerprint density at radius 3 is 2.55 bits per heavy atom. The first-order chi connectivity index (χ1) is 9.81. The minimum absolute atomic E-state index is 0.142. The molecule has 1 aromatic heterocycles. The van der Waals surface area contributed by atoms with Gasteiger partial charge < -0.3 is 5.11 Å². The third-order valence-electron chi connectivity index (χ3n) is 3.88. The van der Waals surface area contributed by atoms with Crippen LogP contribution in [-0.2, 0) is 0 Å². The number of benzene rings is 2. The van der Waals surface area contributed by atoms with Gasteiger partial charge in [0.15, 0.2) is 0 Å². The minimum atomic E-state index is -0.454. The lowest BCUT2D eigenvalue weighted by Crippen LogP contribution is -2.10. The topological polar surface area (TPSA) is 20.2 Å². The summed E-state index contributed by atoms with van der Waals surface area (Å²) in [5, 5.41) is 14.2. The Morgan fingerprint density at radius 1 is 1.00 bits per heavy atom. The summed E-state index contributed by atoms with van der Waals surface area (Å²) in [4.78, 5) is 0. The van der Waals surface area contributed by atoms with E-state index in [-0.39, 0.29) is 5.92 Å². The van der Waals surface area contributed by atoms with Crippen molar-refractivity contribution in [3.05, 3.63) is 71.1 Å². The van der Waals surface area contributed by atoms with Gasteiger partial charge in [-0.05, 0) is 34.4 Å². The largest absolute Gasteiger partial charge is 0.388 e. The number of thiophene rings is 1. The van der Waals surface area contributed by atoms with Crippen molar-refractivity contribution in [2.24, 2.45) is 0 Å². The fourth-order valence-electron chi connectivity index (χ4n) is 2.81. The molecule has 0 fully saturated rings. The van der Waals surface area contributed by atoms with Crippen LogP contribution in [0.1, 0.15) is 36.5 Å². The summed E-state index contributed by atoms with van der Waals surface area (Å²) in [7, 11) is 0. The van der Waals surface area contributed by atoms with Crippen LogP contribution in [0.15, 0.2) is 60.0 Å². The maximum absolute atomic E-state index is 10.9. The van der Waals surface area contributed by atoms with Gasteiger partial charge in [-0.3, -0.25) is 0 Å². The average Bonchev–Trinajstić information content (AvgIpc) is 2.97. The molecule has 0 aliphatic carbocycles. The molecule has 20 heavy (non-hydrogen) atoms. The van der Waals surface area contributed by atoms with Gasteiger partial charge in [0.05, 0.1) is 6.10 Å². The van der Waals surface area contributed by atoms with Crippen molar-refractivity contribution in [1.29, 1.82) is 0 Å². The molecular formula is C18H18OS. The van der Waals surface area contributed by atoms with E-state index < -0.39 is 6.10 Å². The summed E-state index contributed by atoms with van der Waals surface area (Å²) >= 11 is 1.71. The van der Waals surface area contributed by atoms with E-state index >= 15 is 0 Å². The quantitative estimate of drug-likeness (QED) is 0.703. The van der Waals surface area contributed by atoms with Gasteiger partial charge in [0.25, 0.3) is 0 Å². The lowest BCUT2D eigenvalue weighted by molar-refractivity contribution is 0.144. The Balaban J connectivity index is 2.02. The summed E-state index contributed by atoms with van der Waals surface area (Å²) in [6, 6.07) is 18.6. The fourth-order valence-corrected chi connectivity index (χ4v) is 3.76. The van der Waals surface area contributed by atoms with Crippen molar-refractivity contribution in [3.63, 3.8) is 0 Å². The van der Waals surface area contributed by atoms with Crippen LogP contribution >= 0.6 is 11.3 Å². The molecule has 2 aromatic carbocycles. The highest BCUT2D eigenvalue weighted by Gasteiger charge is 2.22. The van der Waals surface area contributed by atoms with Crippen LogP contribution in [0, 0.1) is 0 Å². The zero-order valence-corrected chi connectivity index (χ0v) is 12.3. The molecule has 2 unspecified atom stereocenters. The Hall–Kier alpha value is -1.64. The number of rotatable bonds is 4. The molecule has 2 heteroatoms. The van der Waals surface area contributed by atoms with Gasteiger partial charge in [-0.2, -0.15) is 0 Å². The zero-order chi connectivity index (χ0) is 13.9. The van der Waals surface area contributed by atoms with Crippen LogP contribution in [0.3, 0.4) is 0 Å². The van der Waals surface area contributed by atoms with E-state index in [9.17, 15) is 5.11 Å². The number of hydrogen-bond donors (Lipinski definition) is 1. The van der Waals surface area contributed by atoms with Crippen LogP contribution in [0.5, 0.6) is 0 Å².